The van der Waals surface area contributed by atoms with Gasteiger partial charge in [0.1, 0.15) is 23.8 Å². The number of esters is 1. The van der Waals surface area contributed by atoms with Crippen LogP contribution in [0.15, 0.2) is 75.6 Å². The lowest BCUT2D eigenvalue weighted by Gasteiger charge is -2.09. The summed E-state index contributed by atoms with van der Waals surface area (Å²) in [5, 5.41) is 2.52. The maximum atomic E-state index is 12.5. The highest BCUT2D eigenvalue weighted by Gasteiger charge is 2.18. The first kappa shape index (κ1) is 18.1. The Balaban J connectivity index is 1.79. The quantitative estimate of drug-likeness (QED) is 0.508. The van der Waals surface area contributed by atoms with Gasteiger partial charge >= 0.3 is 5.97 Å². The van der Waals surface area contributed by atoms with E-state index in [-0.39, 0.29) is 18.1 Å². The molecule has 1 aromatic carbocycles. The fourth-order valence-corrected chi connectivity index (χ4v) is 2.21. The molecular weight excluding hydrogens is 350 g/mol. The van der Waals surface area contributed by atoms with E-state index in [9.17, 15) is 9.59 Å². The van der Waals surface area contributed by atoms with Gasteiger partial charge in [-0.25, -0.2) is 4.79 Å². The first-order valence-electron chi connectivity index (χ1n) is 8.06. The SMILES string of the molecule is COc1ccc(/C=C(/NC(=O)c2ccco2)C(=O)OCc2ccco2)cc1. The van der Waals surface area contributed by atoms with E-state index >= 15 is 0 Å². The van der Waals surface area contributed by atoms with E-state index in [1.807, 2.05) is 0 Å². The number of carbonyl (C=O) groups excluding carboxylic acids is 2. The second-order valence-electron chi connectivity index (χ2n) is 5.42. The Morgan fingerprint density at radius 2 is 1.78 bits per heavy atom. The van der Waals surface area contributed by atoms with Crippen LogP contribution in [-0.4, -0.2) is 19.0 Å². The number of carbonyl (C=O) groups is 2. The second-order valence-corrected chi connectivity index (χ2v) is 5.42. The zero-order chi connectivity index (χ0) is 19.1. The molecule has 1 amide bonds. The normalized spacial score (nSPS) is 11.1. The number of hydrogen-bond acceptors (Lipinski definition) is 6. The molecule has 0 saturated carbocycles. The van der Waals surface area contributed by atoms with Crippen molar-refractivity contribution in [2.24, 2.45) is 0 Å². The van der Waals surface area contributed by atoms with Crippen LogP contribution in [0.4, 0.5) is 0 Å². The number of hydrogen-bond donors (Lipinski definition) is 1. The minimum Gasteiger partial charge on any atom is -0.497 e. The van der Waals surface area contributed by atoms with Crippen molar-refractivity contribution in [1.29, 1.82) is 0 Å². The maximum absolute atomic E-state index is 12.5. The highest BCUT2D eigenvalue weighted by atomic mass is 16.5. The van der Waals surface area contributed by atoms with Crippen LogP contribution in [0.1, 0.15) is 21.9 Å². The van der Waals surface area contributed by atoms with Crippen molar-refractivity contribution in [2.45, 2.75) is 6.61 Å². The smallest absolute Gasteiger partial charge is 0.355 e. The molecule has 0 fully saturated rings. The number of nitrogens with one attached hydrogen (secondary N) is 1. The van der Waals surface area contributed by atoms with E-state index in [0.29, 0.717) is 17.1 Å². The molecule has 3 rings (SSSR count). The minimum absolute atomic E-state index is 0.0341. The second kappa shape index (κ2) is 8.57. The molecule has 0 aliphatic carbocycles. The molecule has 0 aliphatic rings. The molecule has 2 aromatic heterocycles. The van der Waals surface area contributed by atoms with Crippen LogP contribution in [0.25, 0.3) is 6.08 Å². The lowest BCUT2D eigenvalue weighted by atomic mass is 10.2. The van der Waals surface area contributed by atoms with Gasteiger partial charge in [-0.15, -0.1) is 0 Å². The monoisotopic (exact) mass is 367 g/mol. The molecule has 3 aromatic rings. The van der Waals surface area contributed by atoms with Crippen molar-refractivity contribution in [3.63, 3.8) is 0 Å². The molecule has 2 heterocycles. The summed E-state index contributed by atoms with van der Waals surface area (Å²) in [5.41, 5.74) is 0.647. The molecule has 0 atom stereocenters. The molecule has 0 saturated heterocycles. The number of furan rings is 2. The maximum Gasteiger partial charge on any atom is 0.355 e. The largest absolute Gasteiger partial charge is 0.497 e. The van der Waals surface area contributed by atoms with E-state index in [2.05, 4.69) is 5.32 Å². The molecule has 138 valence electrons. The molecule has 0 radical (unpaired) electrons. The Labute approximate surface area is 155 Å². The Morgan fingerprint density at radius 3 is 2.41 bits per heavy atom. The van der Waals surface area contributed by atoms with Crippen LogP contribution in [0.2, 0.25) is 0 Å². The van der Waals surface area contributed by atoms with Gasteiger partial charge in [0.25, 0.3) is 5.91 Å². The van der Waals surface area contributed by atoms with Gasteiger partial charge in [0.15, 0.2) is 5.76 Å². The van der Waals surface area contributed by atoms with Gasteiger partial charge in [-0.3, -0.25) is 4.79 Å². The fourth-order valence-electron chi connectivity index (χ4n) is 2.21. The Morgan fingerprint density at radius 1 is 1.04 bits per heavy atom. The molecule has 0 aliphatic heterocycles. The number of rotatable bonds is 7. The first-order valence-corrected chi connectivity index (χ1v) is 8.06. The van der Waals surface area contributed by atoms with Gasteiger partial charge in [0.05, 0.1) is 19.6 Å². The van der Waals surface area contributed by atoms with Crippen LogP contribution < -0.4 is 10.1 Å². The fraction of sp³-hybridized carbons (Fsp3) is 0.100. The van der Waals surface area contributed by atoms with Crippen LogP contribution in [-0.2, 0) is 16.1 Å². The van der Waals surface area contributed by atoms with Crippen LogP contribution in [0.3, 0.4) is 0 Å². The van der Waals surface area contributed by atoms with E-state index < -0.39 is 11.9 Å². The zero-order valence-electron chi connectivity index (χ0n) is 14.5. The summed E-state index contributed by atoms with van der Waals surface area (Å²) < 4.78 is 20.5. The highest BCUT2D eigenvalue weighted by Crippen LogP contribution is 2.15. The van der Waals surface area contributed by atoms with E-state index in [0.717, 1.165) is 0 Å². The molecule has 0 bridgehead atoms. The minimum atomic E-state index is -0.706. The lowest BCUT2D eigenvalue weighted by molar-refractivity contribution is -0.141. The van der Waals surface area contributed by atoms with Crippen molar-refractivity contribution in [3.8, 4) is 5.75 Å². The average Bonchev–Trinajstić information content (AvgIpc) is 3.40. The lowest BCUT2D eigenvalue weighted by Crippen LogP contribution is -2.28. The van der Waals surface area contributed by atoms with Crippen molar-refractivity contribution >= 4 is 18.0 Å². The topological polar surface area (TPSA) is 90.9 Å². The summed E-state index contributed by atoms with van der Waals surface area (Å²) in [6.07, 6.45) is 4.36. The third-order valence-electron chi connectivity index (χ3n) is 3.57. The van der Waals surface area contributed by atoms with Crippen molar-refractivity contribution in [2.75, 3.05) is 7.11 Å². The van der Waals surface area contributed by atoms with Gasteiger partial charge in [-0.1, -0.05) is 12.1 Å². The van der Waals surface area contributed by atoms with Crippen molar-refractivity contribution in [1.82, 2.24) is 5.32 Å². The van der Waals surface area contributed by atoms with Crippen LogP contribution in [0.5, 0.6) is 5.75 Å². The highest BCUT2D eigenvalue weighted by molar-refractivity contribution is 6.02. The van der Waals surface area contributed by atoms with Crippen LogP contribution in [0, 0.1) is 0 Å². The Bertz CT molecular complexity index is 908. The number of benzene rings is 1. The summed E-state index contributed by atoms with van der Waals surface area (Å²) in [7, 11) is 1.56. The third kappa shape index (κ3) is 4.88. The molecule has 7 nitrogen and oxygen atoms in total. The van der Waals surface area contributed by atoms with Crippen molar-refractivity contribution in [3.05, 3.63) is 83.8 Å². The molecule has 1 N–H and O–H groups in total. The van der Waals surface area contributed by atoms with Gasteiger partial charge in [-0.05, 0) is 48.0 Å². The molecule has 7 heteroatoms. The van der Waals surface area contributed by atoms with E-state index in [1.54, 1.807) is 49.6 Å². The predicted octanol–water partition coefficient (Wildman–Crippen LogP) is 3.40. The van der Waals surface area contributed by atoms with E-state index in [4.69, 9.17) is 18.3 Å². The number of methoxy groups -OCH3 is 1. The summed E-state index contributed by atoms with van der Waals surface area (Å²) in [6.45, 7) is -0.0532. The Hall–Kier alpha value is -3.74. The zero-order valence-corrected chi connectivity index (χ0v) is 14.5. The van der Waals surface area contributed by atoms with Gasteiger partial charge in [0, 0.05) is 0 Å². The average molecular weight is 367 g/mol. The van der Waals surface area contributed by atoms with Crippen molar-refractivity contribution < 1.29 is 27.9 Å². The summed E-state index contributed by atoms with van der Waals surface area (Å²) in [6, 6.07) is 13.4. The van der Waals surface area contributed by atoms with Crippen LogP contribution >= 0.6 is 0 Å². The predicted molar refractivity (Wildman–Crippen MR) is 95.6 cm³/mol. The van der Waals surface area contributed by atoms with Gasteiger partial charge in [0.2, 0.25) is 0 Å². The van der Waals surface area contributed by atoms with Gasteiger partial charge < -0.3 is 23.6 Å². The third-order valence-corrected chi connectivity index (χ3v) is 3.57. The van der Waals surface area contributed by atoms with Gasteiger partial charge in [-0.2, -0.15) is 0 Å². The molecule has 0 spiro atoms. The molecule has 27 heavy (non-hydrogen) atoms. The number of amides is 1. The number of ether oxygens (including phenoxy) is 2. The summed E-state index contributed by atoms with van der Waals surface area (Å²) in [5.74, 6) is -0.0236. The summed E-state index contributed by atoms with van der Waals surface area (Å²) in [4.78, 5) is 24.7. The molecular formula is C20H17NO6. The standard InChI is InChI=1S/C20H17NO6/c1-24-15-8-6-14(7-9-15)12-17(21-19(22)18-5-3-11-26-18)20(23)27-13-16-4-2-10-25-16/h2-12H,13H2,1H3,(H,21,22)/b17-12+. The molecule has 0 unspecified atom stereocenters. The first-order chi connectivity index (χ1) is 13.2. The Kier molecular flexibility index (Phi) is 5.73. The van der Waals surface area contributed by atoms with E-state index in [1.165, 1.54) is 24.7 Å². The summed E-state index contributed by atoms with van der Waals surface area (Å²) >= 11 is 0.